The van der Waals surface area contributed by atoms with Crippen molar-refractivity contribution >= 4 is 20.2 Å². The molecule has 0 heterocycles. The lowest BCUT2D eigenvalue weighted by molar-refractivity contribution is -0.213. The van der Waals surface area contributed by atoms with Crippen LogP contribution in [0.3, 0.4) is 0 Å². The zero-order chi connectivity index (χ0) is 22.2. The van der Waals surface area contributed by atoms with E-state index in [4.69, 9.17) is 17.8 Å². The fourth-order valence-corrected chi connectivity index (χ4v) is 3.93. The molecule has 8 nitrogen and oxygen atoms in total. The fourth-order valence-electron chi connectivity index (χ4n) is 2.62. The van der Waals surface area contributed by atoms with Crippen LogP contribution in [0.25, 0.3) is 0 Å². The Labute approximate surface area is 178 Å². The van der Waals surface area contributed by atoms with Crippen LogP contribution in [0.15, 0.2) is 60.7 Å². The lowest BCUT2D eigenvalue weighted by atomic mass is 10.2. The van der Waals surface area contributed by atoms with Crippen molar-refractivity contribution in [3.63, 3.8) is 0 Å². The third kappa shape index (κ3) is 9.33. The van der Waals surface area contributed by atoms with Crippen molar-refractivity contribution in [3.05, 3.63) is 71.8 Å². The lowest BCUT2D eigenvalue weighted by Gasteiger charge is -2.30. The van der Waals surface area contributed by atoms with Crippen LogP contribution < -0.4 is 0 Å². The van der Waals surface area contributed by atoms with Gasteiger partial charge in [0.25, 0.3) is 20.2 Å². The van der Waals surface area contributed by atoms with Crippen LogP contribution in [-0.2, 0) is 51.3 Å². The molecule has 0 bridgehead atoms. The number of ether oxygens (including phenoxy) is 2. The second-order valence-corrected chi connectivity index (χ2v) is 9.93. The highest BCUT2D eigenvalue weighted by molar-refractivity contribution is 7.86. The summed E-state index contributed by atoms with van der Waals surface area (Å²) in [4.78, 5) is 0. The molecule has 2 aromatic rings. The molecule has 30 heavy (non-hydrogen) atoms. The summed E-state index contributed by atoms with van der Waals surface area (Å²) in [5.41, 5.74) is 1.64. The minimum atomic E-state index is -3.97. The molecule has 0 aromatic heterocycles. The van der Waals surface area contributed by atoms with Crippen LogP contribution in [0.5, 0.6) is 0 Å². The minimum Gasteiger partial charge on any atom is -0.345 e. The Bertz CT molecular complexity index is 932. The van der Waals surface area contributed by atoms with E-state index in [-0.39, 0.29) is 13.2 Å². The van der Waals surface area contributed by atoms with Crippen LogP contribution in [-0.4, -0.2) is 47.8 Å². The Hall–Kier alpha value is -1.82. The standard InChI is InChI=1S/C20H26O8S2/c1-16(27-29(2,21)22)19(28-30(3,23)24)20(25-14-17-10-6-4-7-11-17)26-15-18-12-8-5-9-13-18/h4-13,16,19-20H,14-15H2,1-3H3. The van der Waals surface area contributed by atoms with Crippen LogP contribution in [0.4, 0.5) is 0 Å². The molecule has 0 spiro atoms. The van der Waals surface area contributed by atoms with Crippen LogP contribution in [0.1, 0.15) is 18.1 Å². The predicted molar refractivity (Wildman–Crippen MR) is 111 cm³/mol. The van der Waals surface area contributed by atoms with E-state index in [1.165, 1.54) is 6.92 Å². The van der Waals surface area contributed by atoms with E-state index in [2.05, 4.69) is 0 Å². The Morgan fingerprint density at radius 3 is 1.47 bits per heavy atom. The quantitative estimate of drug-likeness (QED) is 0.353. The average Bonchev–Trinajstić information content (AvgIpc) is 2.66. The molecule has 0 fully saturated rings. The molecule has 0 aliphatic rings. The van der Waals surface area contributed by atoms with Crippen molar-refractivity contribution in [2.24, 2.45) is 0 Å². The van der Waals surface area contributed by atoms with Gasteiger partial charge in [-0.2, -0.15) is 16.8 Å². The Balaban J connectivity index is 2.26. The molecular weight excluding hydrogens is 432 g/mol. The van der Waals surface area contributed by atoms with E-state index in [1.54, 1.807) is 0 Å². The predicted octanol–water partition coefficient (Wildman–Crippen LogP) is 2.46. The van der Waals surface area contributed by atoms with E-state index in [0.29, 0.717) is 0 Å². The van der Waals surface area contributed by atoms with E-state index in [0.717, 1.165) is 23.6 Å². The van der Waals surface area contributed by atoms with Crippen LogP contribution in [0.2, 0.25) is 0 Å². The summed E-state index contributed by atoms with van der Waals surface area (Å²) < 4.78 is 68.5. The number of hydrogen-bond donors (Lipinski definition) is 0. The third-order valence-corrected chi connectivity index (χ3v) is 5.08. The first-order valence-corrected chi connectivity index (χ1v) is 12.7. The van der Waals surface area contributed by atoms with Crippen molar-refractivity contribution in [1.29, 1.82) is 0 Å². The van der Waals surface area contributed by atoms with Gasteiger partial charge in [0.05, 0.1) is 25.7 Å². The molecule has 2 atom stereocenters. The van der Waals surface area contributed by atoms with Gasteiger partial charge in [0.2, 0.25) is 0 Å². The third-order valence-electron chi connectivity index (χ3n) is 3.86. The summed E-state index contributed by atoms with van der Waals surface area (Å²) in [6, 6.07) is 18.4. The normalized spacial score (nSPS) is 14.5. The Morgan fingerprint density at radius 1 is 0.700 bits per heavy atom. The topological polar surface area (TPSA) is 105 Å². The molecule has 0 aliphatic carbocycles. The van der Waals surface area contributed by atoms with Gasteiger partial charge in [-0.3, -0.25) is 8.37 Å². The minimum absolute atomic E-state index is 0.0928. The number of hydrogen-bond acceptors (Lipinski definition) is 8. The summed E-state index contributed by atoms with van der Waals surface area (Å²) in [6.45, 7) is 1.56. The van der Waals surface area contributed by atoms with Crippen molar-refractivity contribution in [1.82, 2.24) is 0 Å². The summed E-state index contributed by atoms with van der Waals surface area (Å²) in [6.07, 6.45) is -2.05. The van der Waals surface area contributed by atoms with Gasteiger partial charge in [0.15, 0.2) is 12.4 Å². The monoisotopic (exact) mass is 458 g/mol. The Morgan fingerprint density at radius 2 is 1.10 bits per heavy atom. The van der Waals surface area contributed by atoms with E-state index >= 15 is 0 Å². The second kappa shape index (κ2) is 11.0. The van der Waals surface area contributed by atoms with Gasteiger partial charge < -0.3 is 9.47 Å². The van der Waals surface area contributed by atoms with Gasteiger partial charge >= 0.3 is 0 Å². The van der Waals surface area contributed by atoms with E-state index < -0.39 is 38.7 Å². The highest BCUT2D eigenvalue weighted by atomic mass is 32.2. The first-order chi connectivity index (χ1) is 14.0. The fraction of sp³-hybridized carbons (Fsp3) is 0.400. The van der Waals surface area contributed by atoms with E-state index in [1.807, 2.05) is 60.7 Å². The van der Waals surface area contributed by atoms with Gasteiger partial charge in [-0.1, -0.05) is 60.7 Å². The van der Waals surface area contributed by atoms with Crippen LogP contribution in [0, 0.1) is 0 Å². The lowest BCUT2D eigenvalue weighted by Crippen LogP contribution is -2.44. The van der Waals surface area contributed by atoms with Gasteiger partial charge in [-0.25, -0.2) is 0 Å². The highest BCUT2D eigenvalue weighted by Gasteiger charge is 2.35. The molecular formula is C20H26O8S2. The van der Waals surface area contributed by atoms with Crippen molar-refractivity contribution in [3.8, 4) is 0 Å². The molecule has 0 amide bonds. The van der Waals surface area contributed by atoms with Gasteiger partial charge in [-0.15, -0.1) is 0 Å². The van der Waals surface area contributed by atoms with Crippen molar-refractivity contribution in [2.75, 3.05) is 12.5 Å². The summed E-state index contributed by atoms with van der Waals surface area (Å²) in [5.74, 6) is 0. The number of benzene rings is 2. The molecule has 2 unspecified atom stereocenters. The molecule has 0 saturated heterocycles. The highest BCUT2D eigenvalue weighted by Crippen LogP contribution is 2.20. The first-order valence-electron chi connectivity index (χ1n) is 9.11. The SMILES string of the molecule is CC(OS(C)(=O)=O)C(OS(C)(=O)=O)C(OCc1ccccc1)OCc1ccccc1. The van der Waals surface area contributed by atoms with Crippen LogP contribution >= 0.6 is 0 Å². The molecule has 0 saturated carbocycles. The maximum atomic E-state index is 11.8. The largest absolute Gasteiger partial charge is 0.345 e. The zero-order valence-electron chi connectivity index (χ0n) is 17.0. The zero-order valence-corrected chi connectivity index (χ0v) is 18.6. The molecule has 2 aromatic carbocycles. The van der Waals surface area contributed by atoms with Gasteiger partial charge in [0, 0.05) is 0 Å². The summed E-state index contributed by atoms with van der Waals surface area (Å²) in [5, 5.41) is 0. The maximum absolute atomic E-state index is 11.8. The first kappa shape index (κ1) is 24.4. The van der Waals surface area contributed by atoms with Crippen molar-refractivity contribution < 1.29 is 34.7 Å². The second-order valence-electron chi connectivity index (χ2n) is 6.73. The van der Waals surface area contributed by atoms with Gasteiger partial charge in [-0.05, 0) is 18.1 Å². The summed E-state index contributed by atoms with van der Waals surface area (Å²) >= 11 is 0. The van der Waals surface area contributed by atoms with Gasteiger partial charge in [0.1, 0.15) is 6.10 Å². The Kier molecular flexibility index (Phi) is 8.95. The molecule has 0 radical (unpaired) electrons. The molecule has 0 aliphatic heterocycles. The van der Waals surface area contributed by atoms with Crippen molar-refractivity contribution in [2.45, 2.75) is 38.6 Å². The summed E-state index contributed by atoms with van der Waals surface area (Å²) in [7, 11) is -7.85. The van der Waals surface area contributed by atoms with E-state index in [9.17, 15) is 16.8 Å². The number of rotatable bonds is 12. The molecule has 2 rings (SSSR count). The maximum Gasteiger partial charge on any atom is 0.264 e. The average molecular weight is 459 g/mol. The smallest absolute Gasteiger partial charge is 0.264 e. The molecule has 10 heteroatoms. The molecule has 0 N–H and O–H groups in total. The molecule has 166 valence electrons.